The molecule has 0 bridgehead atoms. The summed E-state index contributed by atoms with van der Waals surface area (Å²) in [5.41, 5.74) is 2.62. The van der Waals surface area contributed by atoms with Crippen LogP contribution in [0.1, 0.15) is 23.6 Å². The Morgan fingerprint density at radius 3 is 3.00 bits per heavy atom. The van der Waals surface area contributed by atoms with Crippen LogP contribution in [0.2, 0.25) is 0 Å². The molecule has 0 aromatic heterocycles. The highest BCUT2D eigenvalue weighted by Gasteiger charge is 2.27. The fraction of sp³-hybridized carbons (Fsp3) is 0.357. The fourth-order valence-electron chi connectivity index (χ4n) is 2.56. The molecular formula is C14H17NO2. The summed E-state index contributed by atoms with van der Waals surface area (Å²) in [5, 5.41) is 8.94. The number of aryl methyl sites for hydroxylation is 1. The highest BCUT2D eigenvalue weighted by atomic mass is 16.4. The van der Waals surface area contributed by atoms with Crippen LogP contribution in [0.4, 0.5) is 0 Å². The van der Waals surface area contributed by atoms with E-state index in [0.717, 1.165) is 12.8 Å². The first-order valence-corrected chi connectivity index (χ1v) is 5.87. The molecular weight excluding hydrogens is 214 g/mol. The number of hydrogen-bond donors (Lipinski definition) is 1. The van der Waals surface area contributed by atoms with E-state index < -0.39 is 5.97 Å². The molecule has 2 rings (SSSR count). The van der Waals surface area contributed by atoms with Crippen molar-refractivity contribution in [1.82, 2.24) is 4.90 Å². The number of benzene rings is 1. The normalized spacial score (nSPS) is 18.1. The van der Waals surface area contributed by atoms with Crippen LogP contribution in [-0.4, -0.2) is 29.1 Å². The maximum absolute atomic E-state index is 10.9. The SMILES string of the molecule is C=CCN(CC(=O)O)C1CCc2ccccc21. The van der Waals surface area contributed by atoms with E-state index in [0.29, 0.717) is 6.54 Å². The smallest absolute Gasteiger partial charge is 0.317 e. The number of hydrogen-bond acceptors (Lipinski definition) is 2. The standard InChI is InChI=1S/C14H17NO2/c1-2-9-15(10-14(16)17)13-8-7-11-5-3-4-6-12(11)13/h2-6,13H,1,7-10H2,(H,16,17). The van der Waals surface area contributed by atoms with Gasteiger partial charge in [0.15, 0.2) is 0 Å². The second-order valence-electron chi connectivity index (χ2n) is 4.37. The number of nitrogens with zero attached hydrogens (tertiary/aromatic N) is 1. The topological polar surface area (TPSA) is 40.5 Å². The summed E-state index contributed by atoms with van der Waals surface area (Å²) >= 11 is 0. The van der Waals surface area contributed by atoms with E-state index in [-0.39, 0.29) is 12.6 Å². The van der Waals surface area contributed by atoms with Gasteiger partial charge in [0.25, 0.3) is 0 Å². The Balaban J connectivity index is 2.20. The van der Waals surface area contributed by atoms with Gasteiger partial charge >= 0.3 is 5.97 Å². The summed E-state index contributed by atoms with van der Waals surface area (Å²) in [7, 11) is 0. The minimum absolute atomic E-state index is 0.0744. The van der Waals surface area contributed by atoms with Gasteiger partial charge in [-0.05, 0) is 24.0 Å². The Bertz CT molecular complexity index is 428. The van der Waals surface area contributed by atoms with Crippen molar-refractivity contribution < 1.29 is 9.90 Å². The Kier molecular flexibility index (Phi) is 3.59. The molecule has 1 aromatic rings. The van der Waals surface area contributed by atoms with Crippen LogP contribution < -0.4 is 0 Å². The third kappa shape index (κ3) is 2.56. The van der Waals surface area contributed by atoms with Gasteiger partial charge in [0.2, 0.25) is 0 Å². The van der Waals surface area contributed by atoms with Gasteiger partial charge in [0.1, 0.15) is 0 Å². The average molecular weight is 231 g/mol. The summed E-state index contributed by atoms with van der Waals surface area (Å²) in [4.78, 5) is 12.9. The number of aliphatic carboxylic acids is 1. The van der Waals surface area contributed by atoms with Crippen molar-refractivity contribution in [3.8, 4) is 0 Å². The van der Waals surface area contributed by atoms with E-state index in [2.05, 4.69) is 18.7 Å². The fourth-order valence-corrected chi connectivity index (χ4v) is 2.56. The molecule has 3 heteroatoms. The lowest BCUT2D eigenvalue weighted by molar-refractivity contribution is -0.138. The van der Waals surface area contributed by atoms with Gasteiger partial charge in [-0.2, -0.15) is 0 Å². The highest BCUT2D eigenvalue weighted by Crippen LogP contribution is 2.35. The van der Waals surface area contributed by atoms with E-state index in [1.165, 1.54) is 11.1 Å². The molecule has 0 aliphatic heterocycles. The first-order valence-electron chi connectivity index (χ1n) is 5.87. The molecule has 0 saturated carbocycles. The number of carboxylic acid groups (broad SMARTS) is 1. The molecule has 1 atom stereocenters. The predicted octanol–water partition coefficient (Wildman–Crippen LogP) is 2.25. The first kappa shape index (κ1) is 11.9. The number of rotatable bonds is 5. The number of fused-ring (bicyclic) bond motifs is 1. The van der Waals surface area contributed by atoms with E-state index in [1.54, 1.807) is 6.08 Å². The minimum Gasteiger partial charge on any atom is -0.480 e. The minimum atomic E-state index is -0.781. The van der Waals surface area contributed by atoms with E-state index in [1.807, 2.05) is 17.0 Å². The van der Waals surface area contributed by atoms with Crippen LogP contribution in [0.15, 0.2) is 36.9 Å². The van der Waals surface area contributed by atoms with Crippen molar-refractivity contribution in [2.24, 2.45) is 0 Å². The van der Waals surface area contributed by atoms with Gasteiger partial charge in [-0.15, -0.1) is 6.58 Å². The van der Waals surface area contributed by atoms with Crippen molar-refractivity contribution >= 4 is 5.97 Å². The zero-order valence-electron chi connectivity index (χ0n) is 9.80. The lowest BCUT2D eigenvalue weighted by atomic mass is 10.1. The third-order valence-electron chi connectivity index (χ3n) is 3.24. The molecule has 1 aliphatic carbocycles. The monoisotopic (exact) mass is 231 g/mol. The maximum Gasteiger partial charge on any atom is 0.317 e. The number of carboxylic acids is 1. The molecule has 0 amide bonds. The molecule has 1 N–H and O–H groups in total. The molecule has 0 heterocycles. The summed E-state index contributed by atoms with van der Waals surface area (Å²) in [6, 6.07) is 8.51. The van der Waals surface area contributed by atoms with Gasteiger partial charge in [0.05, 0.1) is 6.54 Å². The molecule has 90 valence electrons. The second kappa shape index (κ2) is 5.15. The summed E-state index contributed by atoms with van der Waals surface area (Å²) in [5.74, 6) is -0.781. The zero-order valence-corrected chi connectivity index (χ0v) is 9.80. The zero-order chi connectivity index (χ0) is 12.3. The van der Waals surface area contributed by atoms with Crippen LogP contribution in [-0.2, 0) is 11.2 Å². The van der Waals surface area contributed by atoms with Gasteiger partial charge in [-0.25, -0.2) is 0 Å². The molecule has 17 heavy (non-hydrogen) atoms. The van der Waals surface area contributed by atoms with Crippen LogP contribution in [0.5, 0.6) is 0 Å². The Labute approximate surface area is 101 Å². The van der Waals surface area contributed by atoms with Gasteiger partial charge in [-0.3, -0.25) is 9.69 Å². The molecule has 3 nitrogen and oxygen atoms in total. The van der Waals surface area contributed by atoms with Crippen molar-refractivity contribution in [3.05, 3.63) is 48.0 Å². The molecule has 0 fully saturated rings. The van der Waals surface area contributed by atoms with E-state index in [4.69, 9.17) is 5.11 Å². The van der Waals surface area contributed by atoms with E-state index >= 15 is 0 Å². The van der Waals surface area contributed by atoms with Crippen LogP contribution in [0.25, 0.3) is 0 Å². The molecule has 1 aromatic carbocycles. The number of carbonyl (C=O) groups is 1. The van der Waals surface area contributed by atoms with Crippen molar-refractivity contribution in [1.29, 1.82) is 0 Å². The van der Waals surface area contributed by atoms with Crippen molar-refractivity contribution in [3.63, 3.8) is 0 Å². The Hall–Kier alpha value is -1.61. The lowest BCUT2D eigenvalue weighted by Gasteiger charge is -2.26. The summed E-state index contributed by atoms with van der Waals surface area (Å²) in [6.07, 6.45) is 3.80. The third-order valence-corrected chi connectivity index (χ3v) is 3.24. The molecule has 0 radical (unpaired) electrons. The van der Waals surface area contributed by atoms with Crippen LogP contribution in [0.3, 0.4) is 0 Å². The average Bonchev–Trinajstić information content (AvgIpc) is 2.71. The molecule has 0 saturated heterocycles. The van der Waals surface area contributed by atoms with Crippen molar-refractivity contribution in [2.45, 2.75) is 18.9 Å². The highest BCUT2D eigenvalue weighted by molar-refractivity contribution is 5.69. The van der Waals surface area contributed by atoms with Gasteiger partial charge in [0, 0.05) is 12.6 Å². The molecule has 1 aliphatic rings. The van der Waals surface area contributed by atoms with Crippen LogP contribution >= 0.6 is 0 Å². The maximum atomic E-state index is 10.9. The predicted molar refractivity (Wildman–Crippen MR) is 66.9 cm³/mol. The van der Waals surface area contributed by atoms with Crippen molar-refractivity contribution in [2.75, 3.05) is 13.1 Å². The summed E-state index contributed by atoms with van der Waals surface area (Å²) < 4.78 is 0. The van der Waals surface area contributed by atoms with E-state index in [9.17, 15) is 4.79 Å². The second-order valence-corrected chi connectivity index (χ2v) is 4.37. The van der Waals surface area contributed by atoms with Gasteiger partial charge in [-0.1, -0.05) is 30.3 Å². The Morgan fingerprint density at radius 1 is 1.53 bits per heavy atom. The van der Waals surface area contributed by atoms with Gasteiger partial charge < -0.3 is 5.11 Å². The quantitative estimate of drug-likeness (QED) is 0.790. The lowest BCUT2D eigenvalue weighted by Crippen LogP contribution is -2.32. The first-order chi connectivity index (χ1) is 8.22. The summed E-state index contributed by atoms with van der Waals surface area (Å²) in [6.45, 7) is 4.39. The molecule has 1 unspecified atom stereocenters. The van der Waals surface area contributed by atoms with Crippen LogP contribution in [0, 0.1) is 0 Å². The largest absolute Gasteiger partial charge is 0.480 e. The Morgan fingerprint density at radius 2 is 2.29 bits per heavy atom. The molecule has 0 spiro atoms.